The van der Waals surface area contributed by atoms with Gasteiger partial charge in [0.15, 0.2) is 5.82 Å². The zero-order valence-corrected chi connectivity index (χ0v) is 31.0. The topological polar surface area (TPSA) is 174 Å². The Morgan fingerprint density at radius 3 is 2.41 bits per heavy atom. The standard InChI is InChI=1S/C35H34ClF7N8O4S/c1-4-18-14-23(31(44)35(41,42)43)32(34(18,39)40)46-16-27(53)47-25(13-17-11-19(37)15-20(38)12-17)29-21(6-8-26(48-29)45-9-10-52)22-5-7-24(36)28-30(22)51(2)49-33(28)50-56(3,54)55/h4-8,11-12,15,18,25,44,46,52H,1,9-10,13-14,16H2,2-3H3,(H,45,48)(H,47,53)(H,49,50)/t18-,25+/m1/s1. The van der Waals surface area contributed by atoms with Gasteiger partial charge < -0.3 is 21.1 Å². The number of carbonyl (C=O) groups is 1. The van der Waals surface area contributed by atoms with Gasteiger partial charge >= 0.3 is 6.18 Å². The molecule has 4 aromatic rings. The number of anilines is 2. The molecule has 0 fully saturated rings. The van der Waals surface area contributed by atoms with Crippen LogP contribution in [0.1, 0.15) is 23.7 Å². The highest BCUT2D eigenvalue weighted by atomic mass is 35.5. The average molecular weight is 831 g/mol. The van der Waals surface area contributed by atoms with Crippen molar-refractivity contribution < 1.29 is 49.1 Å². The van der Waals surface area contributed by atoms with Crippen LogP contribution in [0.2, 0.25) is 5.02 Å². The van der Waals surface area contributed by atoms with E-state index in [2.05, 4.69) is 37.3 Å². The van der Waals surface area contributed by atoms with Crippen molar-refractivity contribution in [2.45, 2.75) is 31.0 Å². The molecule has 12 nitrogen and oxygen atoms in total. The van der Waals surface area contributed by atoms with E-state index >= 15 is 8.78 Å². The Morgan fingerprint density at radius 2 is 1.80 bits per heavy atom. The van der Waals surface area contributed by atoms with Crippen molar-refractivity contribution in [3.63, 3.8) is 0 Å². The smallest absolute Gasteiger partial charge is 0.395 e. The maximum atomic E-state index is 15.3. The molecule has 2 aromatic heterocycles. The average Bonchev–Trinajstić information content (AvgIpc) is 3.55. The predicted octanol–water partition coefficient (Wildman–Crippen LogP) is 6.01. The summed E-state index contributed by atoms with van der Waals surface area (Å²) >= 11 is 6.53. The van der Waals surface area contributed by atoms with Crippen LogP contribution in [0.5, 0.6) is 0 Å². The number of amides is 1. The zero-order chi connectivity index (χ0) is 41.3. The molecular weight excluding hydrogens is 797 g/mol. The third kappa shape index (κ3) is 9.08. The van der Waals surface area contributed by atoms with Gasteiger partial charge in [0.05, 0.1) is 58.7 Å². The summed E-state index contributed by atoms with van der Waals surface area (Å²) in [6.45, 7) is 1.92. The summed E-state index contributed by atoms with van der Waals surface area (Å²) in [5.74, 6) is -8.74. The number of allylic oxidation sites excluding steroid dienone is 3. The first-order chi connectivity index (χ1) is 26.1. The number of aliphatic hydroxyl groups excluding tert-OH is 1. The molecule has 300 valence electrons. The number of aromatic nitrogens is 3. The van der Waals surface area contributed by atoms with Crippen LogP contribution in [0.3, 0.4) is 0 Å². The molecule has 6 N–H and O–H groups in total. The Kier molecular flexibility index (Phi) is 12.1. The number of fused-ring (bicyclic) bond motifs is 1. The van der Waals surface area contributed by atoms with Crippen molar-refractivity contribution in [2.75, 3.05) is 36.0 Å². The van der Waals surface area contributed by atoms with Crippen LogP contribution in [0.4, 0.5) is 42.4 Å². The van der Waals surface area contributed by atoms with Gasteiger partial charge in [-0.05, 0) is 48.7 Å². The summed E-state index contributed by atoms with van der Waals surface area (Å²) in [6, 6.07) is 7.25. The van der Waals surface area contributed by atoms with Gasteiger partial charge in [-0.3, -0.25) is 19.6 Å². The molecule has 0 bridgehead atoms. The van der Waals surface area contributed by atoms with Crippen molar-refractivity contribution in [1.82, 2.24) is 25.4 Å². The number of nitrogens with one attached hydrogen (secondary N) is 5. The summed E-state index contributed by atoms with van der Waals surface area (Å²) in [5.41, 5.74) is -3.50. The summed E-state index contributed by atoms with van der Waals surface area (Å²) in [6.07, 6.45) is -4.87. The van der Waals surface area contributed by atoms with Crippen molar-refractivity contribution in [3.05, 3.63) is 94.3 Å². The highest BCUT2D eigenvalue weighted by Gasteiger charge is 2.53. The number of pyridine rings is 1. The molecule has 5 rings (SSSR count). The fraction of sp³-hybridized carbons (Fsp3) is 0.314. The highest BCUT2D eigenvalue weighted by Crippen LogP contribution is 2.46. The van der Waals surface area contributed by atoms with Crippen LogP contribution in [-0.4, -0.2) is 78.0 Å². The van der Waals surface area contributed by atoms with E-state index in [0.29, 0.717) is 11.6 Å². The molecule has 0 unspecified atom stereocenters. The van der Waals surface area contributed by atoms with Gasteiger partial charge in [-0.1, -0.05) is 23.7 Å². The van der Waals surface area contributed by atoms with Crippen LogP contribution in [0.15, 0.2) is 66.4 Å². The summed E-state index contributed by atoms with van der Waals surface area (Å²) < 4.78 is 128. The highest BCUT2D eigenvalue weighted by molar-refractivity contribution is 7.92. The molecule has 56 heavy (non-hydrogen) atoms. The van der Waals surface area contributed by atoms with Crippen molar-refractivity contribution in [1.29, 1.82) is 5.41 Å². The number of carbonyl (C=O) groups excluding carboxylic acids is 1. The van der Waals surface area contributed by atoms with E-state index in [1.54, 1.807) is 12.1 Å². The zero-order valence-electron chi connectivity index (χ0n) is 29.5. The summed E-state index contributed by atoms with van der Waals surface area (Å²) in [4.78, 5) is 18.3. The largest absolute Gasteiger partial charge is 0.433 e. The summed E-state index contributed by atoms with van der Waals surface area (Å²) in [7, 11) is -2.35. The van der Waals surface area contributed by atoms with E-state index in [1.165, 1.54) is 23.9 Å². The first-order valence-corrected chi connectivity index (χ1v) is 18.8. The molecule has 0 aliphatic heterocycles. The number of aliphatic hydroxyl groups is 1. The van der Waals surface area contributed by atoms with Crippen LogP contribution >= 0.6 is 11.6 Å². The number of alkyl halides is 5. The number of benzene rings is 2. The lowest BCUT2D eigenvalue weighted by Gasteiger charge is -2.24. The Hall–Kier alpha value is -5.21. The number of rotatable bonds is 15. The van der Waals surface area contributed by atoms with Gasteiger partial charge in [-0.15, -0.1) is 6.58 Å². The fourth-order valence-electron chi connectivity index (χ4n) is 6.38. The number of sulfonamides is 1. The Balaban J connectivity index is 1.64. The number of hydrogen-bond donors (Lipinski definition) is 6. The molecule has 0 spiro atoms. The lowest BCUT2D eigenvalue weighted by Crippen LogP contribution is -2.41. The third-order valence-electron chi connectivity index (χ3n) is 8.70. The predicted molar refractivity (Wildman–Crippen MR) is 196 cm³/mol. The molecular formula is C35H34ClF7N8O4S. The van der Waals surface area contributed by atoms with E-state index < -0.39 is 81.6 Å². The minimum atomic E-state index is -5.28. The van der Waals surface area contributed by atoms with Crippen molar-refractivity contribution in [2.24, 2.45) is 13.0 Å². The maximum absolute atomic E-state index is 15.3. The second-order valence-corrected chi connectivity index (χ2v) is 15.0. The van der Waals surface area contributed by atoms with Gasteiger partial charge in [-0.2, -0.15) is 27.1 Å². The van der Waals surface area contributed by atoms with Crippen LogP contribution in [-0.2, 0) is 28.3 Å². The molecule has 1 amide bonds. The van der Waals surface area contributed by atoms with Crippen molar-refractivity contribution >= 4 is 55.8 Å². The molecule has 1 aliphatic rings. The second-order valence-electron chi connectivity index (χ2n) is 12.8. The molecule has 0 radical (unpaired) electrons. The van der Waals surface area contributed by atoms with E-state index in [9.17, 15) is 40.3 Å². The van der Waals surface area contributed by atoms with Crippen LogP contribution < -0.4 is 20.7 Å². The fourth-order valence-corrected chi connectivity index (χ4v) is 7.11. The Labute approximate surface area is 320 Å². The van der Waals surface area contributed by atoms with Crippen LogP contribution in [0, 0.1) is 23.0 Å². The first-order valence-electron chi connectivity index (χ1n) is 16.5. The molecule has 1 aliphatic carbocycles. The minimum Gasteiger partial charge on any atom is -0.395 e. The molecule has 2 atom stereocenters. The maximum Gasteiger partial charge on any atom is 0.433 e. The van der Waals surface area contributed by atoms with Gasteiger partial charge in [0.25, 0.3) is 5.92 Å². The van der Waals surface area contributed by atoms with E-state index in [-0.39, 0.29) is 64.0 Å². The van der Waals surface area contributed by atoms with E-state index in [0.717, 1.165) is 24.5 Å². The van der Waals surface area contributed by atoms with E-state index in [4.69, 9.17) is 17.0 Å². The Bertz CT molecular complexity index is 2330. The second kappa shape index (κ2) is 16.1. The van der Waals surface area contributed by atoms with Gasteiger partial charge in [-0.25, -0.2) is 22.2 Å². The number of hydrogen-bond acceptors (Lipinski definition) is 9. The monoisotopic (exact) mass is 830 g/mol. The number of nitrogens with zero attached hydrogens (tertiary/aromatic N) is 3. The SMILES string of the molecule is C=C[C@@H]1CC(C(=N)C(F)(F)F)=C(NCC(=O)N[C@@H](Cc2cc(F)cc(F)c2)c2nc(NCCO)ccc2-c2ccc(Cl)c3c(NS(C)(=O)=O)nn(C)c23)C1(F)F. The van der Waals surface area contributed by atoms with E-state index in [1.807, 2.05) is 0 Å². The molecule has 0 saturated heterocycles. The quantitative estimate of drug-likeness (QED) is 0.0480. The Morgan fingerprint density at radius 1 is 1.14 bits per heavy atom. The third-order valence-corrected chi connectivity index (χ3v) is 9.58. The normalized spacial score (nSPS) is 16.2. The van der Waals surface area contributed by atoms with Gasteiger partial charge in [0.2, 0.25) is 15.9 Å². The van der Waals surface area contributed by atoms with Crippen molar-refractivity contribution in [3.8, 4) is 11.1 Å². The lowest BCUT2D eigenvalue weighted by atomic mass is 9.94. The molecule has 2 heterocycles. The molecule has 2 aromatic carbocycles. The first kappa shape index (κ1) is 41.9. The van der Waals surface area contributed by atoms with Crippen LogP contribution in [0.25, 0.3) is 22.0 Å². The van der Waals surface area contributed by atoms with Gasteiger partial charge in [0.1, 0.15) is 23.2 Å². The number of aryl methyl sites for hydroxylation is 1. The lowest BCUT2D eigenvalue weighted by molar-refractivity contribution is -0.121. The molecule has 0 saturated carbocycles. The molecule has 21 heteroatoms. The minimum absolute atomic E-state index is 0.00317. The number of halogens is 8. The van der Waals surface area contributed by atoms with Gasteiger partial charge in [0, 0.05) is 36.4 Å². The summed E-state index contributed by atoms with van der Waals surface area (Å²) in [5, 5.41) is 29.1.